The molecule has 1 aromatic carbocycles. The molecule has 0 saturated heterocycles. The molecule has 88 valence electrons. The highest BCUT2D eigenvalue weighted by atomic mass is 19.2. The summed E-state index contributed by atoms with van der Waals surface area (Å²) in [6, 6.07) is 3.14. The zero-order valence-corrected chi connectivity index (χ0v) is 8.92. The van der Waals surface area contributed by atoms with Crippen LogP contribution in [-0.2, 0) is 0 Å². The van der Waals surface area contributed by atoms with Crippen LogP contribution in [0.4, 0.5) is 14.5 Å². The number of anilines is 1. The Morgan fingerprint density at radius 2 is 2.12 bits per heavy atom. The molecule has 6 heteroatoms. The Morgan fingerprint density at radius 3 is 2.71 bits per heavy atom. The molecule has 1 amide bonds. The monoisotopic (exact) mass is 237 g/mol. The van der Waals surface area contributed by atoms with Crippen LogP contribution >= 0.6 is 0 Å². The number of rotatable bonds is 2. The maximum absolute atomic E-state index is 12.9. The number of nitrogens with zero attached hydrogens (tertiary/aromatic N) is 1. The molecule has 17 heavy (non-hydrogen) atoms. The van der Waals surface area contributed by atoms with Crippen LogP contribution in [0.3, 0.4) is 0 Å². The molecule has 2 rings (SSSR count). The Bertz CT molecular complexity index is 566. The van der Waals surface area contributed by atoms with Crippen LogP contribution in [0.5, 0.6) is 0 Å². The Kier molecular flexibility index (Phi) is 2.86. The Hall–Kier alpha value is -2.24. The molecule has 0 saturated carbocycles. The van der Waals surface area contributed by atoms with Gasteiger partial charge in [-0.2, -0.15) is 0 Å². The number of aromatic nitrogens is 2. The number of imidazole rings is 1. The van der Waals surface area contributed by atoms with Gasteiger partial charge in [0.25, 0.3) is 5.91 Å². The number of hydrogen-bond donors (Lipinski definition) is 2. The van der Waals surface area contributed by atoms with Gasteiger partial charge in [-0.05, 0) is 19.1 Å². The smallest absolute Gasteiger partial charge is 0.273 e. The van der Waals surface area contributed by atoms with Gasteiger partial charge in [-0.15, -0.1) is 0 Å². The lowest BCUT2D eigenvalue weighted by Gasteiger charge is -2.03. The van der Waals surface area contributed by atoms with Crippen molar-refractivity contribution in [2.24, 2.45) is 0 Å². The van der Waals surface area contributed by atoms with Gasteiger partial charge in [0.1, 0.15) is 11.5 Å². The molecule has 2 aromatic rings. The first-order valence-electron chi connectivity index (χ1n) is 4.84. The number of carbonyl (C=O) groups excluding carboxylic acids is 1. The average molecular weight is 237 g/mol. The first kappa shape index (κ1) is 11.3. The normalized spacial score (nSPS) is 10.3. The third-order valence-corrected chi connectivity index (χ3v) is 2.12. The minimum Gasteiger partial charge on any atom is -0.338 e. The van der Waals surface area contributed by atoms with Crippen molar-refractivity contribution in [1.82, 2.24) is 9.97 Å². The van der Waals surface area contributed by atoms with Crippen LogP contribution in [0.25, 0.3) is 0 Å². The summed E-state index contributed by atoms with van der Waals surface area (Å²) in [6.07, 6.45) is 1.37. The van der Waals surface area contributed by atoms with Crippen molar-refractivity contribution in [2.75, 3.05) is 5.32 Å². The molecule has 0 unspecified atom stereocenters. The minimum atomic E-state index is -1.01. The van der Waals surface area contributed by atoms with E-state index >= 15 is 0 Å². The molecule has 0 aliphatic heterocycles. The van der Waals surface area contributed by atoms with Crippen LogP contribution in [0.15, 0.2) is 24.4 Å². The van der Waals surface area contributed by atoms with Gasteiger partial charge in [0, 0.05) is 11.8 Å². The van der Waals surface area contributed by atoms with E-state index in [9.17, 15) is 13.6 Å². The number of amides is 1. The lowest BCUT2D eigenvalue weighted by molar-refractivity contribution is 0.102. The van der Waals surface area contributed by atoms with Gasteiger partial charge >= 0.3 is 0 Å². The van der Waals surface area contributed by atoms with Gasteiger partial charge < -0.3 is 10.3 Å². The van der Waals surface area contributed by atoms with Gasteiger partial charge in [-0.3, -0.25) is 4.79 Å². The first-order valence-corrected chi connectivity index (χ1v) is 4.84. The van der Waals surface area contributed by atoms with E-state index < -0.39 is 17.5 Å². The molecule has 1 aromatic heterocycles. The van der Waals surface area contributed by atoms with Crippen molar-refractivity contribution >= 4 is 11.6 Å². The highest BCUT2D eigenvalue weighted by Crippen LogP contribution is 2.13. The molecule has 2 N–H and O–H groups in total. The lowest BCUT2D eigenvalue weighted by atomic mass is 10.3. The maximum Gasteiger partial charge on any atom is 0.273 e. The third-order valence-electron chi connectivity index (χ3n) is 2.12. The second-order valence-electron chi connectivity index (χ2n) is 3.47. The van der Waals surface area contributed by atoms with E-state index in [2.05, 4.69) is 15.3 Å². The van der Waals surface area contributed by atoms with Crippen molar-refractivity contribution in [1.29, 1.82) is 0 Å². The predicted molar refractivity (Wildman–Crippen MR) is 57.6 cm³/mol. The van der Waals surface area contributed by atoms with Crippen LogP contribution in [0, 0.1) is 18.6 Å². The van der Waals surface area contributed by atoms with E-state index in [0.717, 1.165) is 12.1 Å². The maximum atomic E-state index is 12.9. The fourth-order valence-corrected chi connectivity index (χ4v) is 1.31. The van der Waals surface area contributed by atoms with E-state index in [1.54, 1.807) is 6.92 Å². The minimum absolute atomic E-state index is 0.182. The van der Waals surface area contributed by atoms with Gasteiger partial charge in [0.15, 0.2) is 11.6 Å². The molecule has 0 fully saturated rings. The topological polar surface area (TPSA) is 57.8 Å². The largest absolute Gasteiger partial charge is 0.338 e. The third kappa shape index (κ3) is 2.47. The molecule has 0 aliphatic carbocycles. The predicted octanol–water partition coefficient (Wildman–Crippen LogP) is 2.25. The number of H-pyrrole nitrogens is 1. The van der Waals surface area contributed by atoms with Gasteiger partial charge in [-0.1, -0.05) is 0 Å². The molecule has 0 atom stereocenters. The number of benzene rings is 1. The zero-order chi connectivity index (χ0) is 12.4. The van der Waals surface area contributed by atoms with Gasteiger partial charge in [0.2, 0.25) is 0 Å². The van der Waals surface area contributed by atoms with E-state index in [1.807, 2.05) is 0 Å². The van der Waals surface area contributed by atoms with Crippen molar-refractivity contribution in [3.05, 3.63) is 47.5 Å². The number of aromatic amines is 1. The van der Waals surface area contributed by atoms with Crippen LogP contribution in [0.2, 0.25) is 0 Å². The Balaban J connectivity index is 2.15. The van der Waals surface area contributed by atoms with E-state index in [0.29, 0.717) is 5.82 Å². The molecule has 0 bridgehead atoms. The Labute approximate surface area is 95.7 Å². The first-order chi connectivity index (χ1) is 8.06. The van der Waals surface area contributed by atoms with E-state index in [4.69, 9.17) is 0 Å². The highest BCUT2D eigenvalue weighted by molar-refractivity contribution is 6.02. The number of halogens is 2. The second-order valence-corrected chi connectivity index (χ2v) is 3.47. The number of nitrogens with one attached hydrogen (secondary N) is 2. The van der Waals surface area contributed by atoms with Crippen LogP contribution < -0.4 is 5.32 Å². The van der Waals surface area contributed by atoms with Gasteiger partial charge in [-0.25, -0.2) is 13.8 Å². The number of aryl methyl sites for hydroxylation is 1. The summed E-state index contributed by atoms with van der Waals surface area (Å²) in [4.78, 5) is 18.2. The van der Waals surface area contributed by atoms with Gasteiger partial charge in [0.05, 0.1) is 6.20 Å². The molecule has 4 nitrogen and oxygen atoms in total. The summed E-state index contributed by atoms with van der Waals surface area (Å²) < 4.78 is 25.5. The molecular formula is C11H9F2N3O. The van der Waals surface area contributed by atoms with E-state index in [1.165, 1.54) is 12.3 Å². The average Bonchev–Trinajstić information content (AvgIpc) is 2.70. The Morgan fingerprint density at radius 1 is 1.35 bits per heavy atom. The molecule has 0 spiro atoms. The molecule has 0 aliphatic rings. The quantitative estimate of drug-likeness (QED) is 0.841. The van der Waals surface area contributed by atoms with Crippen LogP contribution in [-0.4, -0.2) is 15.9 Å². The van der Waals surface area contributed by atoms with Crippen LogP contribution in [0.1, 0.15) is 16.3 Å². The SMILES string of the molecule is Cc1ncc(C(=O)Nc2ccc(F)c(F)c2)[nH]1. The highest BCUT2D eigenvalue weighted by Gasteiger charge is 2.10. The summed E-state index contributed by atoms with van der Waals surface area (Å²) in [5.74, 6) is -1.83. The molecular weight excluding hydrogens is 228 g/mol. The van der Waals surface area contributed by atoms with Crippen molar-refractivity contribution in [2.45, 2.75) is 6.92 Å². The summed E-state index contributed by atoms with van der Waals surface area (Å²) in [7, 11) is 0. The standard InChI is InChI=1S/C11H9F2N3O/c1-6-14-5-10(15-6)11(17)16-7-2-3-8(12)9(13)4-7/h2-5H,1H3,(H,14,15)(H,16,17). The fraction of sp³-hybridized carbons (Fsp3) is 0.0909. The summed E-state index contributed by atoms with van der Waals surface area (Å²) >= 11 is 0. The summed E-state index contributed by atoms with van der Waals surface area (Å²) in [5.41, 5.74) is 0.438. The van der Waals surface area contributed by atoms with E-state index in [-0.39, 0.29) is 11.4 Å². The molecule has 0 radical (unpaired) electrons. The summed E-state index contributed by atoms with van der Waals surface area (Å²) in [5, 5.41) is 2.42. The number of hydrogen-bond acceptors (Lipinski definition) is 2. The zero-order valence-electron chi connectivity index (χ0n) is 8.92. The van der Waals surface area contributed by atoms with Crippen molar-refractivity contribution in [3.8, 4) is 0 Å². The molecule has 1 heterocycles. The number of carbonyl (C=O) groups is 1. The summed E-state index contributed by atoms with van der Waals surface area (Å²) in [6.45, 7) is 1.70. The van der Waals surface area contributed by atoms with Crippen molar-refractivity contribution < 1.29 is 13.6 Å². The fourth-order valence-electron chi connectivity index (χ4n) is 1.31. The second kappa shape index (κ2) is 4.32. The lowest BCUT2D eigenvalue weighted by Crippen LogP contribution is -2.12. The van der Waals surface area contributed by atoms with Crippen molar-refractivity contribution in [3.63, 3.8) is 0 Å².